The zero-order valence-corrected chi connectivity index (χ0v) is 22.2. The van der Waals surface area contributed by atoms with Crippen LogP contribution in [0.15, 0.2) is 29.3 Å². The van der Waals surface area contributed by atoms with E-state index in [0.29, 0.717) is 0 Å². The van der Waals surface area contributed by atoms with Gasteiger partial charge in [-0.15, -0.1) is 5.10 Å². The number of aromatic amines is 1. The second kappa shape index (κ2) is 10.9. The fourth-order valence-corrected chi connectivity index (χ4v) is 5.22. The Labute approximate surface area is 227 Å². The second-order valence-corrected chi connectivity index (χ2v) is 10.7. The largest absolute Gasteiger partial charge is 0.339 e. The summed E-state index contributed by atoms with van der Waals surface area (Å²) < 4.78 is 30.7. The van der Waals surface area contributed by atoms with Crippen molar-refractivity contribution in [2.24, 2.45) is 17.8 Å². The molecule has 3 atom stereocenters. The highest BCUT2D eigenvalue weighted by Crippen LogP contribution is 2.51. The van der Waals surface area contributed by atoms with Crippen LogP contribution in [-0.4, -0.2) is 54.3 Å². The highest BCUT2D eigenvalue weighted by atomic mass is 35.5. The molecule has 0 bridgehead atoms. The zero-order valence-electron chi connectivity index (χ0n) is 21.4. The Kier molecular flexibility index (Phi) is 7.52. The SMILES string of the molecule is CC(c1cc(Cl)n[nH]c1=O)n1cc(NC(=O)C(NC(=O)c2ccnn2C(C)CF)C(C2CC2)C2CC2)c(F)n1. The van der Waals surface area contributed by atoms with Gasteiger partial charge in [0.15, 0.2) is 0 Å². The molecule has 2 aliphatic carbocycles. The van der Waals surface area contributed by atoms with Crippen LogP contribution in [0.1, 0.15) is 67.7 Å². The lowest BCUT2D eigenvalue weighted by Gasteiger charge is -2.27. The van der Waals surface area contributed by atoms with Crippen molar-refractivity contribution >= 4 is 29.1 Å². The van der Waals surface area contributed by atoms with Gasteiger partial charge in [0.25, 0.3) is 17.4 Å². The molecule has 0 saturated heterocycles. The molecule has 5 rings (SSSR count). The molecule has 0 radical (unpaired) electrons. The van der Waals surface area contributed by atoms with Gasteiger partial charge in [-0.1, -0.05) is 11.6 Å². The Morgan fingerprint density at radius 1 is 1.23 bits per heavy atom. The van der Waals surface area contributed by atoms with E-state index in [1.54, 1.807) is 13.8 Å². The number of halogens is 3. The van der Waals surface area contributed by atoms with Gasteiger partial charge >= 0.3 is 0 Å². The summed E-state index contributed by atoms with van der Waals surface area (Å²) in [5, 5.41) is 19.3. The third kappa shape index (κ3) is 5.72. The standard InChI is InChI=1S/C25H29ClF2N8O3/c1-12(10-27)36-18(7-8-29-36)24(38)31-21(20(14-3-4-14)15-5-6-15)25(39)30-17-11-35(34-22(17)28)13(2)16-9-19(26)32-33-23(16)37/h7-9,11-15,20-21H,3-6,10H2,1-2H3,(H,30,39)(H,31,38)(H,33,37). The van der Waals surface area contributed by atoms with Gasteiger partial charge in [0, 0.05) is 11.8 Å². The van der Waals surface area contributed by atoms with Crippen LogP contribution >= 0.6 is 11.6 Å². The molecule has 3 aromatic rings. The minimum Gasteiger partial charge on any atom is -0.339 e. The minimum atomic E-state index is -0.943. The van der Waals surface area contributed by atoms with Crippen LogP contribution in [0, 0.1) is 23.7 Å². The Morgan fingerprint density at radius 2 is 1.92 bits per heavy atom. The molecule has 14 heteroatoms. The molecule has 2 saturated carbocycles. The van der Waals surface area contributed by atoms with Gasteiger partial charge in [0.2, 0.25) is 5.91 Å². The first-order valence-corrected chi connectivity index (χ1v) is 13.3. The van der Waals surface area contributed by atoms with E-state index in [4.69, 9.17) is 11.6 Å². The maximum atomic E-state index is 14.9. The first kappa shape index (κ1) is 27.0. The van der Waals surface area contributed by atoms with Gasteiger partial charge in [-0.3, -0.25) is 23.7 Å². The molecular weight excluding hydrogens is 534 g/mol. The van der Waals surface area contributed by atoms with Crippen molar-refractivity contribution in [2.75, 3.05) is 12.0 Å². The molecule has 0 aromatic carbocycles. The van der Waals surface area contributed by atoms with Gasteiger partial charge in [-0.25, -0.2) is 9.49 Å². The van der Waals surface area contributed by atoms with E-state index in [1.807, 2.05) is 0 Å². The smallest absolute Gasteiger partial charge is 0.270 e. The molecule has 2 amide bonds. The van der Waals surface area contributed by atoms with Crippen molar-refractivity contribution in [2.45, 2.75) is 57.7 Å². The summed E-state index contributed by atoms with van der Waals surface area (Å²) >= 11 is 5.89. The van der Waals surface area contributed by atoms with Crippen molar-refractivity contribution in [3.05, 3.63) is 57.2 Å². The number of aromatic nitrogens is 6. The van der Waals surface area contributed by atoms with E-state index >= 15 is 0 Å². The summed E-state index contributed by atoms with van der Waals surface area (Å²) in [4.78, 5) is 39.1. The molecule has 11 nitrogen and oxygen atoms in total. The average Bonchev–Trinajstić information content (AvgIpc) is 3.85. The van der Waals surface area contributed by atoms with Gasteiger partial charge in [-0.2, -0.15) is 14.6 Å². The van der Waals surface area contributed by atoms with Crippen molar-refractivity contribution in [1.29, 1.82) is 0 Å². The average molecular weight is 563 g/mol. The highest BCUT2D eigenvalue weighted by molar-refractivity contribution is 6.29. The van der Waals surface area contributed by atoms with Gasteiger partial charge < -0.3 is 10.6 Å². The third-order valence-electron chi connectivity index (χ3n) is 7.42. The first-order chi connectivity index (χ1) is 18.7. The number of H-pyrrole nitrogens is 1. The molecule has 0 aliphatic heterocycles. The maximum absolute atomic E-state index is 14.9. The number of carbonyl (C=O) groups excluding carboxylic acids is 2. The van der Waals surface area contributed by atoms with E-state index in [1.165, 1.54) is 33.9 Å². The minimum absolute atomic E-state index is 0.0598. The zero-order chi connectivity index (χ0) is 27.8. The topological polar surface area (TPSA) is 140 Å². The summed E-state index contributed by atoms with van der Waals surface area (Å²) in [6.45, 7) is 2.51. The summed E-state index contributed by atoms with van der Waals surface area (Å²) in [7, 11) is 0. The second-order valence-electron chi connectivity index (χ2n) is 10.3. The summed E-state index contributed by atoms with van der Waals surface area (Å²) in [6, 6.07) is 0.522. The van der Waals surface area contributed by atoms with Crippen molar-refractivity contribution in [3.8, 4) is 0 Å². The molecule has 3 heterocycles. The van der Waals surface area contributed by atoms with E-state index in [0.717, 1.165) is 25.7 Å². The number of nitrogens with one attached hydrogen (secondary N) is 3. The fraction of sp³-hybridized carbons (Fsp3) is 0.520. The number of nitrogens with zero attached hydrogens (tertiary/aromatic N) is 5. The van der Waals surface area contributed by atoms with Crippen molar-refractivity contribution in [1.82, 2.24) is 35.1 Å². The normalized spacial score (nSPS) is 17.6. The molecule has 3 unspecified atom stereocenters. The highest BCUT2D eigenvalue weighted by Gasteiger charge is 2.48. The lowest BCUT2D eigenvalue weighted by Crippen LogP contribution is -2.50. The van der Waals surface area contributed by atoms with E-state index in [-0.39, 0.29) is 39.9 Å². The van der Waals surface area contributed by atoms with Crippen LogP contribution in [0.4, 0.5) is 14.5 Å². The number of anilines is 1. The number of rotatable bonds is 11. The molecule has 0 spiro atoms. The number of hydrogen-bond acceptors (Lipinski definition) is 6. The number of amides is 2. The predicted molar refractivity (Wildman–Crippen MR) is 138 cm³/mol. The summed E-state index contributed by atoms with van der Waals surface area (Å²) in [6.07, 6.45) is 6.48. The number of alkyl halides is 1. The monoisotopic (exact) mass is 562 g/mol. The molecule has 3 N–H and O–H groups in total. The lowest BCUT2D eigenvalue weighted by atomic mass is 9.88. The molecule has 208 valence electrons. The Balaban J connectivity index is 1.39. The quantitative estimate of drug-likeness (QED) is 0.328. The molecule has 2 fully saturated rings. The first-order valence-electron chi connectivity index (χ1n) is 12.9. The number of carbonyl (C=O) groups is 2. The molecule has 2 aliphatic rings. The third-order valence-corrected chi connectivity index (χ3v) is 7.62. The van der Waals surface area contributed by atoms with E-state index in [2.05, 4.69) is 31.0 Å². The fourth-order valence-electron chi connectivity index (χ4n) is 5.06. The lowest BCUT2D eigenvalue weighted by molar-refractivity contribution is -0.119. The van der Waals surface area contributed by atoms with Crippen molar-refractivity contribution in [3.63, 3.8) is 0 Å². The summed E-state index contributed by atoms with van der Waals surface area (Å²) in [5.74, 6) is -1.64. The van der Waals surface area contributed by atoms with Crippen LogP contribution in [0.2, 0.25) is 5.15 Å². The molecule has 39 heavy (non-hydrogen) atoms. The Bertz CT molecular complexity index is 1420. The number of hydrogen-bond donors (Lipinski definition) is 3. The van der Waals surface area contributed by atoms with Crippen LogP contribution in [0.3, 0.4) is 0 Å². The van der Waals surface area contributed by atoms with Gasteiger partial charge in [0.1, 0.15) is 29.3 Å². The van der Waals surface area contributed by atoms with Crippen LogP contribution in [-0.2, 0) is 4.79 Å². The van der Waals surface area contributed by atoms with E-state index < -0.39 is 48.1 Å². The van der Waals surface area contributed by atoms with Crippen LogP contribution in [0.25, 0.3) is 0 Å². The Morgan fingerprint density at radius 3 is 2.56 bits per heavy atom. The van der Waals surface area contributed by atoms with Crippen LogP contribution in [0.5, 0.6) is 0 Å². The molecule has 3 aromatic heterocycles. The maximum Gasteiger partial charge on any atom is 0.270 e. The Hall–Kier alpha value is -3.61. The van der Waals surface area contributed by atoms with Crippen LogP contribution < -0.4 is 16.2 Å². The van der Waals surface area contributed by atoms with Gasteiger partial charge in [-0.05, 0) is 69.4 Å². The summed E-state index contributed by atoms with van der Waals surface area (Å²) in [5.41, 5.74) is -0.349. The van der Waals surface area contributed by atoms with Gasteiger partial charge in [0.05, 0.1) is 18.3 Å². The van der Waals surface area contributed by atoms with E-state index in [9.17, 15) is 23.2 Å². The van der Waals surface area contributed by atoms with Crippen molar-refractivity contribution < 1.29 is 18.4 Å². The molecular formula is C25H29ClF2N8O3. The predicted octanol–water partition coefficient (Wildman–Crippen LogP) is 3.27.